The van der Waals surface area contributed by atoms with Gasteiger partial charge in [0.1, 0.15) is 56.4 Å². The Kier molecular flexibility index (Phi) is 14.7. The monoisotopic (exact) mass is 858 g/mol. The summed E-state index contributed by atoms with van der Waals surface area (Å²) >= 11 is 0. The van der Waals surface area contributed by atoms with E-state index in [-0.39, 0.29) is 46.2 Å². The highest BCUT2D eigenvalue weighted by molar-refractivity contribution is 5.67. The van der Waals surface area contributed by atoms with E-state index in [2.05, 4.69) is 0 Å². The van der Waals surface area contributed by atoms with Crippen LogP contribution in [0, 0.1) is 0 Å². The van der Waals surface area contributed by atoms with Crippen molar-refractivity contribution >= 4 is 5.97 Å². The highest BCUT2D eigenvalue weighted by atomic mass is 16.6. The van der Waals surface area contributed by atoms with E-state index >= 15 is 0 Å². The SMILES string of the molecule is CC(=O)O[C@H]1[C@@H](c2cc(OCc3ccccc3)c(OCc3ccccc3)c(OCc3ccccc3)c2)Oc2cc(OCc3ccccc3)cc(OCc3ccccc3)c2[C@@H]1OCCO. The Bertz CT molecular complexity index is 2470. The summed E-state index contributed by atoms with van der Waals surface area (Å²) in [7, 11) is 0. The number of aliphatic hydroxyl groups is 1. The molecule has 0 saturated heterocycles. The van der Waals surface area contributed by atoms with Crippen LogP contribution in [0.2, 0.25) is 0 Å². The second kappa shape index (κ2) is 21.7. The second-order valence-electron chi connectivity index (χ2n) is 15.2. The molecule has 1 heterocycles. The molecule has 326 valence electrons. The van der Waals surface area contributed by atoms with Crippen molar-refractivity contribution in [3.05, 3.63) is 215 Å². The molecule has 0 aromatic heterocycles. The average Bonchev–Trinajstić information content (AvgIpc) is 3.34. The van der Waals surface area contributed by atoms with Gasteiger partial charge in [0.2, 0.25) is 5.75 Å². The molecular weight excluding hydrogens is 809 g/mol. The molecule has 10 heteroatoms. The Morgan fingerprint density at radius 3 is 1.39 bits per heavy atom. The molecule has 0 radical (unpaired) electrons. The van der Waals surface area contributed by atoms with Crippen LogP contribution in [0.25, 0.3) is 0 Å². The smallest absolute Gasteiger partial charge is 0.303 e. The van der Waals surface area contributed by atoms with Gasteiger partial charge in [0.05, 0.1) is 18.8 Å². The number of hydrogen-bond acceptors (Lipinski definition) is 10. The number of benzene rings is 7. The molecule has 8 rings (SSSR count). The Hall–Kier alpha value is -7.27. The third-order valence-corrected chi connectivity index (χ3v) is 10.5. The van der Waals surface area contributed by atoms with Crippen molar-refractivity contribution in [1.82, 2.24) is 0 Å². The van der Waals surface area contributed by atoms with E-state index in [1.807, 2.05) is 164 Å². The second-order valence-corrected chi connectivity index (χ2v) is 15.2. The number of ether oxygens (including phenoxy) is 8. The summed E-state index contributed by atoms with van der Waals surface area (Å²) in [5.41, 5.74) is 5.81. The van der Waals surface area contributed by atoms with Gasteiger partial charge in [-0.25, -0.2) is 0 Å². The lowest BCUT2D eigenvalue weighted by Gasteiger charge is -2.39. The Morgan fingerprint density at radius 2 is 0.953 bits per heavy atom. The number of rotatable bonds is 20. The van der Waals surface area contributed by atoms with Gasteiger partial charge in [-0.3, -0.25) is 4.79 Å². The van der Waals surface area contributed by atoms with Crippen LogP contribution in [0.4, 0.5) is 0 Å². The highest BCUT2D eigenvalue weighted by Gasteiger charge is 2.45. The van der Waals surface area contributed by atoms with Crippen LogP contribution < -0.4 is 28.4 Å². The Morgan fingerprint density at radius 1 is 0.531 bits per heavy atom. The van der Waals surface area contributed by atoms with Crippen molar-refractivity contribution in [1.29, 1.82) is 0 Å². The van der Waals surface area contributed by atoms with Crippen LogP contribution in [0.1, 0.15) is 58.1 Å². The molecule has 0 spiro atoms. The maximum absolute atomic E-state index is 13.1. The molecule has 0 saturated carbocycles. The van der Waals surface area contributed by atoms with Gasteiger partial charge in [0.25, 0.3) is 0 Å². The first kappa shape index (κ1) is 43.4. The van der Waals surface area contributed by atoms with Crippen LogP contribution in [0.3, 0.4) is 0 Å². The predicted molar refractivity (Wildman–Crippen MR) is 241 cm³/mol. The lowest BCUT2D eigenvalue weighted by Crippen LogP contribution is -2.39. The van der Waals surface area contributed by atoms with E-state index in [1.54, 1.807) is 12.1 Å². The first-order valence-electron chi connectivity index (χ1n) is 21.3. The average molecular weight is 859 g/mol. The third-order valence-electron chi connectivity index (χ3n) is 10.5. The molecule has 7 aromatic rings. The standard InChI is InChI=1S/C54H50O10/c1-38(56)63-54-51(64-47-32-45(58-33-39-17-7-2-8-18-39)31-46(50(47)53(54)57-28-27-55)59-34-40-19-9-3-10-20-40)44-29-48(60-35-41-21-11-4-12-22-41)52(62-37-43-25-15-6-16-26-43)49(30-44)61-36-42-23-13-5-14-24-42/h2-26,29-32,51,53-55H,27-28,33-37H2,1H3/t51-,53+,54+/m1/s1. The van der Waals surface area contributed by atoms with Crippen molar-refractivity contribution in [3.8, 4) is 34.5 Å². The summed E-state index contributed by atoms with van der Waals surface area (Å²) in [6, 6.07) is 56.4. The fourth-order valence-electron chi connectivity index (χ4n) is 7.41. The summed E-state index contributed by atoms with van der Waals surface area (Å²) < 4.78 is 52.4. The van der Waals surface area contributed by atoms with Gasteiger partial charge in [0, 0.05) is 24.6 Å². The van der Waals surface area contributed by atoms with Gasteiger partial charge in [0.15, 0.2) is 23.7 Å². The van der Waals surface area contributed by atoms with Crippen LogP contribution in [-0.4, -0.2) is 30.4 Å². The van der Waals surface area contributed by atoms with Crippen molar-refractivity contribution in [2.75, 3.05) is 13.2 Å². The number of aliphatic hydroxyl groups excluding tert-OH is 1. The van der Waals surface area contributed by atoms with Gasteiger partial charge in [-0.1, -0.05) is 152 Å². The lowest BCUT2D eigenvalue weighted by molar-refractivity contribution is -0.171. The molecule has 1 aliphatic heterocycles. The quantitative estimate of drug-likeness (QED) is 0.0744. The largest absolute Gasteiger partial charge is 0.489 e. The molecule has 1 aliphatic rings. The first-order chi connectivity index (χ1) is 31.5. The molecule has 3 atom stereocenters. The number of fused-ring (bicyclic) bond motifs is 1. The van der Waals surface area contributed by atoms with E-state index < -0.39 is 24.3 Å². The zero-order valence-corrected chi connectivity index (χ0v) is 35.5. The molecule has 0 fully saturated rings. The van der Waals surface area contributed by atoms with Crippen molar-refractivity contribution in [2.45, 2.75) is 58.3 Å². The predicted octanol–water partition coefficient (Wildman–Crippen LogP) is 10.7. The van der Waals surface area contributed by atoms with Crippen molar-refractivity contribution in [2.24, 2.45) is 0 Å². The molecule has 10 nitrogen and oxygen atoms in total. The topological polar surface area (TPSA) is 111 Å². The molecule has 0 bridgehead atoms. The van der Waals surface area contributed by atoms with E-state index in [9.17, 15) is 9.90 Å². The number of hydrogen-bond donors (Lipinski definition) is 1. The zero-order chi connectivity index (χ0) is 43.9. The third kappa shape index (κ3) is 11.4. The summed E-state index contributed by atoms with van der Waals surface area (Å²) in [5, 5.41) is 10.1. The molecule has 0 amide bonds. The van der Waals surface area contributed by atoms with Gasteiger partial charge in [-0.05, 0) is 39.9 Å². The van der Waals surface area contributed by atoms with E-state index in [4.69, 9.17) is 37.9 Å². The summed E-state index contributed by atoms with van der Waals surface area (Å²) in [5.74, 6) is 1.88. The van der Waals surface area contributed by atoms with Crippen LogP contribution in [0.15, 0.2) is 176 Å². The van der Waals surface area contributed by atoms with Gasteiger partial charge >= 0.3 is 5.97 Å². The molecule has 7 aromatic carbocycles. The van der Waals surface area contributed by atoms with Gasteiger partial charge in [-0.15, -0.1) is 0 Å². The minimum Gasteiger partial charge on any atom is -0.489 e. The molecule has 0 unspecified atom stereocenters. The summed E-state index contributed by atoms with van der Waals surface area (Å²) in [4.78, 5) is 13.1. The lowest BCUT2D eigenvalue weighted by atomic mass is 9.90. The zero-order valence-electron chi connectivity index (χ0n) is 35.5. The van der Waals surface area contributed by atoms with E-state index in [0.717, 1.165) is 27.8 Å². The van der Waals surface area contributed by atoms with Gasteiger partial charge in [-0.2, -0.15) is 0 Å². The number of carbonyl (C=O) groups is 1. The summed E-state index contributed by atoms with van der Waals surface area (Å²) in [6.45, 7) is 2.17. The fraction of sp³-hybridized carbons (Fsp3) is 0.204. The molecule has 64 heavy (non-hydrogen) atoms. The molecule has 0 aliphatic carbocycles. The molecule has 1 N–H and O–H groups in total. The minimum absolute atomic E-state index is 0.0673. The van der Waals surface area contributed by atoms with Crippen molar-refractivity contribution in [3.63, 3.8) is 0 Å². The van der Waals surface area contributed by atoms with Gasteiger partial charge < -0.3 is 43.0 Å². The minimum atomic E-state index is -1.08. The normalized spacial score (nSPS) is 15.2. The van der Waals surface area contributed by atoms with E-state index in [0.29, 0.717) is 45.6 Å². The Labute approximate surface area is 373 Å². The number of esters is 1. The maximum Gasteiger partial charge on any atom is 0.303 e. The van der Waals surface area contributed by atoms with Crippen LogP contribution in [0.5, 0.6) is 34.5 Å². The fourth-order valence-corrected chi connectivity index (χ4v) is 7.41. The van der Waals surface area contributed by atoms with Crippen LogP contribution in [-0.2, 0) is 47.3 Å². The first-order valence-corrected chi connectivity index (χ1v) is 21.3. The van der Waals surface area contributed by atoms with Crippen LogP contribution >= 0.6 is 0 Å². The Balaban J connectivity index is 1.25. The van der Waals surface area contributed by atoms with Crippen molar-refractivity contribution < 1.29 is 47.8 Å². The molecular formula is C54H50O10. The maximum atomic E-state index is 13.1. The van der Waals surface area contributed by atoms with E-state index in [1.165, 1.54) is 6.92 Å². The highest BCUT2D eigenvalue weighted by Crippen LogP contribution is 2.52. The number of carbonyl (C=O) groups excluding carboxylic acids is 1. The summed E-state index contributed by atoms with van der Waals surface area (Å²) in [6.07, 6.45) is -3.03.